The summed E-state index contributed by atoms with van der Waals surface area (Å²) in [5.41, 5.74) is 13.8. The number of nitrogens with zero attached hydrogens (tertiary/aromatic N) is 2. The molecular weight excluding hydrogens is 769 g/mol. The van der Waals surface area contributed by atoms with Gasteiger partial charge in [0.15, 0.2) is 11.2 Å². The van der Waals surface area contributed by atoms with Crippen molar-refractivity contribution in [2.24, 2.45) is 0 Å². The minimum Gasteiger partial charge on any atom is -0.454 e. The lowest BCUT2D eigenvalue weighted by Crippen LogP contribution is -2.13. The van der Waals surface area contributed by atoms with Gasteiger partial charge in [0, 0.05) is 43.7 Å². The minimum atomic E-state index is 0.255. The van der Waals surface area contributed by atoms with Crippen molar-refractivity contribution in [2.45, 2.75) is 46.5 Å². The predicted molar refractivity (Wildman–Crippen MR) is 267 cm³/mol. The summed E-state index contributed by atoms with van der Waals surface area (Å²) in [6, 6.07) is 63.9. The van der Waals surface area contributed by atoms with Crippen LogP contribution in [0.4, 0.5) is 34.1 Å². The van der Waals surface area contributed by atoms with Crippen molar-refractivity contribution in [1.29, 1.82) is 0 Å². The molecule has 0 saturated carbocycles. The van der Waals surface area contributed by atoms with E-state index in [2.05, 4.69) is 208 Å². The molecule has 2 heterocycles. The van der Waals surface area contributed by atoms with Gasteiger partial charge in [0.2, 0.25) is 0 Å². The average Bonchev–Trinajstić information content (AvgIpc) is 3.89. The second-order valence-electron chi connectivity index (χ2n) is 17.7. The van der Waals surface area contributed by atoms with Gasteiger partial charge in [-0.3, -0.25) is 0 Å². The van der Waals surface area contributed by atoms with Crippen LogP contribution in [0, 0.1) is 6.92 Å². The van der Waals surface area contributed by atoms with Crippen LogP contribution in [0.2, 0.25) is 0 Å². The Hall–Kier alpha value is -7.56. The van der Waals surface area contributed by atoms with Gasteiger partial charge < -0.3 is 18.6 Å². The first kappa shape index (κ1) is 37.2. The Labute approximate surface area is 366 Å². The molecule has 0 spiro atoms. The van der Waals surface area contributed by atoms with Gasteiger partial charge in [-0.2, -0.15) is 0 Å². The van der Waals surface area contributed by atoms with Gasteiger partial charge in [0.05, 0.1) is 22.7 Å². The third kappa shape index (κ3) is 5.67. The molecule has 4 heteroatoms. The van der Waals surface area contributed by atoms with Gasteiger partial charge in [-0.15, -0.1) is 0 Å². The van der Waals surface area contributed by atoms with Crippen molar-refractivity contribution in [1.82, 2.24) is 0 Å². The predicted octanol–water partition coefficient (Wildman–Crippen LogP) is 17.9. The van der Waals surface area contributed by atoms with Crippen LogP contribution in [-0.2, 0) is 0 Å². The van der Waals surface area contributed by atoms with Crippen molar-refractivity contribution in [3.63, 3.8) is 0 Å². The Balaban J connectivity index is 1.21. The second kappa shape index (κ2) is 14.3. The quantitative estimate of drug-likeness (QED) is 0.143. The molecular formula is C59H46N2O2. The van der Waals surface area contributed by atoms with E-state index in [1.54, 1.807) is 0 Å². The molecule has 2 aromatic heterocycles. The van der Waals surface area contributed by atoms with Crippen molar-refractivity contribution in [3.8, 4) is 0 Å². The summed E-state index contributed by atoms with van der Waals surface area (Å²) >= 11 is 0. The number of furan rings is 2. The zero-order valence-electron chi connectivity index (χ0n) is 36.1. The third-order valence-electron chi connectivity index (χ3n) is 13.2. The molecule has 10 aromatic carbocycles. The molecule has 12 rings (SSSR count). The normalized spacial score (nSPS) is 12.2. The van der Waals surface area contributed by atoms with Gasteiger partial charge in [-0.25, -0.2) is 0 Å². The van der Waals surface area contributed by atoms with Crippen molar-refractivity contribution < 1.29 is 8.83 Å². The highest BCUT2D eigenvalue weighted by atomic mass is 16.3. The summed E-state index contributed by atoms with van der Waals surface area (Å²) in [7, 11) is 0. The molecule has 0 radical (unpaired) electrons. The Morgan fingerprint density at radius 1 is 0.349 bits per heavy atom. The highest BCUT2D eigenvalue weighted by molar-refractivity contribution is 6.30. The standard InChI is InChI=1S/C59H46N2O2/c1-35(2)48-33-52(60(38-17-7-6-8-18-38)50-24-14-22-44-40-20-9-11-26-54(40)62-58(44)50)46-30-28-43-49(36(3)4)34-53(47-31-29-42(48)56(46)57(43)47)61(39-19-13-16-37(5)32-39)51-25-15-23-45-41-21-10-12-27-55(41)63-59(45)51/h6-36H,1-5H3. The molecule has 0 amide bonds. The Morgan fingerprint density at radius 2 is 0.778 bits per heavy atom. The van der Waals surface area contributed by atoms with E-state index in [0.717, 1.165) is 78.0 Å². The number of para-hydroxylation sites is 5. The molecule has 63 heavy (non-hydrogen) atoms. The Bertz CT molecular complexity index is 3720. The fraction of sp³-hybridized carbons (Fsp3) is 0.119. The van der Waals surface area contributed by atoms with Gasteiger partial charge in [-0.1, -0.05) is 143 Å². The minimum absolute atomic E-state index is 0.255. The number of hydrogen-bond acceptors (Lipinski definition) is 4. The largest absolute Gasteiger partial charge is 0.454 e. The van der Waals surface area contributed by atoms with Gasteiger partial charge >= 0.3 is 0 Å². The smallest absolute Gasteiger partial charge is 0.159 e. The zero-order valence-corrected chi connectivity index (χ0v) is 36.1. The van der Waals surface area contributed by atoms with E-state index in [-0.39, 0.29) is 11.8 Å². The maximum atomic E-state index is 6.80. The fourth-order valence-electron chi connectivity index (χ4n) is 10.3. The number of fused-ring (bicyclic) bond motifs is 6. The van der Waals surface area contributed by atoms with Crippen LogP contribution in [-0.4, -0.2) is 0 Å². The number of benzene rings is 10. The first-order valence-electron chi connectivity index (χ1n) is 22.1. The molecule has 0 aliphatic carbocycles. The van der Waals surface area contributed by atoms with Gasteiger partial charge in [-0.05, 0) is 118 Å². The van der Waals surface area contributed by atoms with Gasteiger partial charge in [0.1, 0.15) is 11.2 Å². The van der Waals surface area contributed by atoms with Crippen LogP contribution in [0.5, 0.6) is 0 Å². The van der Waals surface area contributed by atoms with E-state index in [1.807, 2.05) is 12.1 Å². The maximum absolute atomic E-state index is 6.80. The molecule has 0 atom stereocenters. The average molecular weight is 815 g/mol. The first-order chi connectivity index (χ1) is 30.8. The van der Waals surface area contributed by atoms with Crippen LogP contribution in [0.15, 0.2) is 185 Å². The molecule has 0 aliphatic rings. The number of rotatable bonds is 8. The molecule has 0 fully saturated rings. The third-order valence-corrected chi connectivity index (χ3v) is 13.2. The summed E-state index contributed by atoms with van der Waals surface area (Å²) in [5.74, 6) is 0.511. The Kier molecular flexibility index (Phi) is 8.42. The van der Waals surface area contributed by atoms with E-state index >= 15 is 0 Å². The summed E-state index contributed by atoms with van der Waals surface area (Å²) < 4.78 is 13.6. The molecule has 4 nitrogen and oxygen atoms in total. The maximum Gasteiger partial charge on any atom is 0.159 e. The number of hydrogen-bond donors (Lipinski definition) is 0. The molecule has 0 N–H and O–H groups in total. The Morgan fingerprint density at radius 3 is 1.29 bits per heavy atom. The molecule has 0 unspecified atom stereocenters. The van der Waals surface area contributed by atoms with Crippen LogP contribution in [0.25, 0.3) is 76.2 Å². The van der Waals surface area contributed by atoms with E-state index in [9.17, 15) is 0 Å². The van der Waals surface area contributed by atoms with Crippen molar-refractivity contribution >= 4 is 110 Å². The lowest BCUT2D eigenvalue weighted by molar-refractivity contribution is 0.668. The summed E-state index contributed by atoms with van der Waals surface area (Å²) in [4.78, 5) is 4.87. The van der Waals surface area contributed by atoms with Crippen molar-refractivity contribution in [2.75, 3.05) is 9.80 Å². The summed E-state index contributed by atoms with van der Waals surface area (Å²) in [6.07, 6.45) is 0. The monoisotopic (exact) mass is 814 g/mol. The van der Waals surface area contributed by atoms with Crippen molar-refractivity contribution in [3.05, 3.63) is 193 Å². The van der Waals surface area contributed by atoms with E-state index in [0.29, 0.717) is 0 Å². The summed E-state index contributed by atoms with van der Waals surface area (Å²) in [6.45, 7) is 11.5. The lowest BCUT2D eigenvalue weighted by Gasteiger charge is -2.31. The highest BCUT2D eigenvalue weighted by Gasteiger charge is 2.28. The first-order valence-corrected chi connectivity index (χ1v) is 22.1. The zero-order chi connectivity index (χ0) is 42.5. The van der Waals surface area contributed by atoms with Crippen LogP contribution in [0.1, 0.15) is 56.2 Å². The van der Waals surface area contributed by atoms with E-state index < -0.39 is 0 Å². The fourth-order valence-corrected chi connectivity index (χ4v) is 10.3. The highest BCUT2D eigenvalue weighted by Crippen LogP contribution is 2.53. The molecule has 0 saturated heterocycles. The second-order valence-corrected chi connectivity index (χ2v) is 17.7. The van der Waals surface area contributed by atoms with Crippen LogP contribution >= 0.6 is 0 Å². The van der Waals surface area contributed by atoms with Crippen LogP contribution in [0.3, 0.4) is 0 Å². The topological polar surface area (TPSA) is 32.8 Å². The summed E-state index contributed by atoms with van der Waals surface area (Å²) in [5, 5.41) is 11.9. The van der Waals surface area contributed by atoms with E-state index in [4.69, 9.17) is 8.83 Å². The molecule has 0 bridgehead atoms. The number of aryl methyl sites for hydroxylation is 1. The molecule has 12 aromatic rings. The number of anilines is 6. The van der Waals surface area contributed by atoms with Gasteiger partial charge in [0.25, 0.3) is 0 Å². The molecule has 0 aliphatic heterocycles. The van der Waals surface area contributed by atoms with Crippen LogP contribution < -0.4 is 9.80 Å². The van der Waals surface area contributed by atoms with E-state index in [1.165, 1.54) is 49.0 Å². The lowest BCUT2D eigenvalue weighted by atomic mass is 9.84. The molecule has 304 valence electrons. The SMILES string of the molecule is Cc1cccc(N(c2cc(C(C)C)c3ccc4c(N(c5ccccc5)c5cccc6c5oc5ccccc56)cc(C(C)C)c5ccc2c3c54)c2cccc3c2oc2ccccc23)c1.